The average Bonchev–Trinajstić information content (AvgIpc) is 3.43. The van der Waals surface area contributed by atoms with Crippen LogP contribution in [0.15, 0.2) is 52.9 Å². The predicted molar refractivity (Wildman–Crippen MR) is 113 cm³/mol. The molecule has 8 nitrogen and oxygen atoms in total. The molecule has 10 heteroatoms. The molecule has 0 N–H and O–H groups in total. The Hall–Kier alpha value is -3.29. The molecule has 1 fully saturated rings. The molecule has 0 radical (unpaired) electrons. The van der Waals surface area contributed by atoms with Crippen LogP contribution in [-0.4, -0.2) is 54.6 Å². The molecular formula is C21H19FN8S. The number of aromatic nitrogens is 6. The molecule has 5 rings (SSSR count). The van der Waals surface area contributed by atoms with E-state index in [4.69, 9.17) is 0 Å². The van der Waals surface area contributed by atoms with Crippen molar-refractivity contribution in [3.05, 3.63) is 54.4 Å². The first-order valence-corrected chi connectivity index (χ1v) is 10.7. The number of nitrogens with zero attached hydrogens (tertiary/aromatic N) is 8. The molecule has 4 aromatic rings. The lowest BCUT2D eigenvalue weighted by molar-refractivity contribution is 0.210. The number of nitriles is 1. The molecule has 0 aromatic carbocycles. The van der Waals surface area contributed by atoms with E-state index in [0.29, 0.717) is 27.7 Å². The molecule has 1 aliphatic rings. The molecule has 1 aliphatic heterocycles. The molecule has 0 aliphatic carbocycles. The third-order valence-corrected chi connectivity index (χ3v) is 6.52. The second-order valence-electron chi connectivity index (χ2n) is 7.57. The van der Waals surface area contributed by atoms with Crippen molar-refractivity contribution in [1.29, 1.82) is 5.26 Å². The van der Waals surface area contributed by atoms with Gasteiger partial charge in [-0.3, -0.25) is 0 Å². The highest BCUT2D eigenvalue weighted by molar-refractivity contribution is 7.99. The Kier molecular flexibility index (Phi) is 5.13. The second-order valence-corrected chi connectivity index (χ2v) is 8.60. The summed E-state index contributed by atoms with van der Waals surface area (Å²) in [4.78, 5) is 7.12. The molecule has 0 amide bonds. The van der Waals surface area contributed by atoms with Gasteiger partial charge in [0, 0.05) is 22.9 Å². The molecule has 0 atom stereocenters. The molecule has 4 aromatic heterocycles. The minimum Gasteiger partial charge on any atom is -0.306 e. The number of halogens is 1. The van der Waals surface area contributed by atoms with Crippen LogP contribution in [0.3, 0.4) is 0 Å². The number of fused-ring (bicyclic) bond motifs is 1. The molecule has 0 bridgehead atoms. The Morgan fingerprint density at radius 1 is 1.26 bits per heavy atom. The van der Waals surface area contributed by atoms with Crippen LogP contribution in [0.1, 0.15) is 24.4 Å². The third-order valence-electron chi connectivity index (χ3n) is 5.50. The van der Waals surface area contributed by atoms with Gasteiger partial charge in [0.1, 0.15) is 16.8 Å². The van der Waals surface area contributed by atoms with Crippen molar-refractivity contribution in [2.24, 2.45) is 0 Å². The Morgan fingerprint density at radius 3 is 2.87 bits per heavy atom. The van der Waals surface area contributed by atoms with Crippen LogP contribution in [0.5, 0.6) is 0 Å². The molecule has 156 valence electrons. The van der Waals surface area contributed by atoms with Gasteiger partial charge in [0.15, 0.2) is 5.82 Å². The number of hydrogen-bond acceptors (Lipinski definition) is 7. The monoisotopic (exact) mass is 434 g/mol. The van der Waals surface area contributed by atoms with Gasteiger partial charge in [0.2, 0.25) is 0 Å². The average molecular weight is 435 g/mol. The summed E-state index contributed by atoms with van der Waals surface area (Å²) >= 11 is 1.16. The molecule has 0 unspecified atom stereocenters. The Labute approximate surface area is 182 Å². The largest absolute Gasteiger partial charge is 0.306 e. The Bertz CT molecular complexity index is 1280. The maximum atomic E-state index is 14.2. The first-order valence-electron chi connectivity index (χ1n) is 9.93. The summed E-state index contributed by atoms with van der Waals surface area (Å²) in [7, 11) is 2.13. The van der Waals surface area contributed by atoms with E-state index in [1.165, 1.54) is 12.3 Å². The molecule has 0 saturated carbocycles. The summed E-state index contributed by atoms with van der Waals surface area (Å²) in [6, 6.07) is 7.28. The quantitative estimate of drug-likeness (QED) is 0.486. The maximum Gasteiger partial charge on any atom is 0.155 e. The number of hydrogen-bond donors (Lipinski definition) is 0. The highest BCUT2D eigenvalue weighted by Gasteiger charge is 2.21. The van der Waals surface area contributed by atoms with Gasteiger partial charge in [-0.1, -0.05) is 17.0 Å². The summed E-state index contributed by atoms with van der Waals surface area (Å²) in [6.07, 6.45) is 8.88. The summed E-state index contributed by atoms with van der Waals surface area (Å²) in [5.41, 5.74) is 2.53. The van der Waals surface area contributed by atoms with E-state index >= 15 is 0 Å². The van der Waals surface area contributed by atoms with Crippen LogP contribution in [0, 0.1) is 17.1 Å². The SMILES string of the molecule is CN1CCC(n2cc(-c3cc(Sc4ncccc4F)c4c(C#N)cnn4c3)nn2)CC1. The highest BCUT2D eigenvalue weighted by atomic mass is 32.2. The lowest BCUT2D eigenvalue weighted by atomic mass is 10.1. The fourth-order valence-corrected chi connectivity index (χ4v) is 4.75. The summed E-state index contributed by atoms with van der Waals surface area (Å²) < 4.78 is 17.8. The zero-order chi connectivity index (χ0) is 21.4. The fraction of sp³-hybridized carbons (Fsp3) is 0.286. The number of rotatable bonds is 4. The van der Waals surface area contributed by atoms with Gasteiger partial charge in [0.25, 0.3) is 0 Å². The van der Waals surface area contributed by atoms with Crippen molar-refractivity contribution < 1.29 is 4.39 Å². The van der Waals surface area contributed by atoms with E-state index in [1.807, 2.05) is 23.1 Å². The normalized spacial score (nSPS) is 15.4. The first kappa shape index (κ1) is 19.7. The second kappa shape index (κ2) is 8.09. The van der Waals surface area contributed by atoms with Gasteiger partial charge in [-0.25, -0.2) is 18.6 Å². The van der Waals surface area contributed by atoms with Crippen LogP contribution in [0.25, 0.3) is 16.8 Å². The van der Waals surface area contributed by atoms with Crippen LogP contribution in [-0.2, 0) is 0 Å². The van der Waals surface area contributed by atoms with Crippen LogP contribution in [0.2, 0.25) is 0 Å². The first-order chi connectivity index (χ1) is 15.1. The summed E-state index contributed by atoms with van der Waals surface area (Å²) in [6.45, 7) is 2.07. The highest BCUT2D eigenvalue weighted by Crippen LogP contribution is 2.35. The van der Waals surface area contributed by atoms with Gasteiger partial charge in [-0.15, -0.1) is 5.10 Å². The lowest BCUT2D eigenvalue weighted by Gasteiger charge is -2.28. The zero-order valence-electron chi connectivity index (χ0n) is 16.8. The Morgan fingerprint density at radius 2 is 2.10 bits per heavy atom. The van der Waals surface area contributed by atoms with Gasteiger partial charge in [-0.05, 0) is 51.2 Å². The van der Waals surface area contributed by atoms with Gasteiger partial charge >= 0.3 is 0 Å². The molecule has 0 spiro atoms. The van der Waals surface area contributed by atoms with Gasteiger partial charge < -0.3 is 4.90 Å². The van der Waals surface area contributed by atoms with E-state index in [9.17, 15) is 9.65 Å². The minimum absolute atomic E-state index is 0.238. The molecular weight excluding hydrogens is 415 g/mol. The predicted octanol–water partition coefficient (Wildman–Crippen LogP) is 3.42. The van der Waals surface area contributed by atoms with E-state index in [1.54, 1.807) is 16.8 Å². The Balaban J connectivity index is 1.55. The van der Waals surface area contributed by atoms with Crippen molar-refractivity contribution in [1.82, 2.24) is 34.5 Å². The van der Waals surface area contributed by atoms with E-state index in [0.717, 1.165) is 43.3 Å². The smallest absolute Gasteiger partial charge is 0.155 e. The third kappa shape index (κ3) is 3.78. The van der Waals surface area contributed by atoms with Crippen molar-refractivity contribution in [2.75, 3.05) is 20.1 Å². The van der Waals surface area contributed by atoms with E-state index < -0.39 is 5.82 Å². The molecule has 5 heterocycles. The minimum atomic E-state index is -0.415. The summed E-state index contributed by atoms with van der Waals surface area (Å²) in [5.74, 6) is -0.415. The summed E-state index contributed by atoms with van der Waals surface area (Å²) in [5, 5.41) is 22.8. The lowest BCUT2D eigenvalue weighted by Crippen LogP contribution is -2.31. The topological polar surface area (TPSA) is 87.9 Å². The van der Waals surface area contributed by atoms with Crippen LogP contribution >= 0.6 is 11.8 Å². The number of pyridine rings is 2. The molecule has 31 heavy (non-hydrogen) atoms. The van der Waals surface area contributed by atoms with Crippen molar-refractivity contribution >= 4 is 17.3 Å². The van der Waals surface area contributed by atoms with E-state index in [2.05, 4.69) is 38.4 Å². The van der Waals surface area contributed by atoms with Gasteiger partial charge in [0.05, 0.1) is 29.5 Å². The standard InChI is InChI=1S/C21H19FN8S/c1-28-7-4-16(5-8-28)29-13-18(26-27-29)14-9-19(31-21-17(22)3-2-6-24-21)20-15(10-23)11-25-30(20)12-14/h2-3,6,9,11-13,16H,4-5,7-8H2,1H3. The van der Waals surface area contributed by atoms with Crippen molar-refractivity contribution in [3.8, 4) is 17.3 Å². The van der Waals surface area contributed by atoms with Crippen molar-refractivity contribution in [3.63, 3.8) is 0 Å². The number of piperidine rings is 1. The van der Waals surface area contributed by atoms with Crippen molar-refractivity contribution in [2.45, 2.75) is 28.8 Å². The maximum absolute atomic E-state index is 14.2. The fourth-order valence-electron chi connectivity index (χ4n) is 3.78. The van der Waals surface area contributed by atoms with Crippen LogP contribution < -0.4 is 0 Å². The van der Waals surface area contributed by atoms with Gasteiger partial charge in [-0.2, -0.15) is 10.4 Å². The van der Waals surface area contributed by atoms with Crippen LogP contribution in [0.4, 0.5) is 4.39 Å². The number of likely N-dealkylation sites (tertiary alicyclic amines) is 1. The zero-order valence-corrected chi connectivity index (χ0v) is 17.6. The molecule has 1 saturated heterocycles. The van der Waals surface area contributed by atoms with E-state index in [-0.39, 0.29) is 5.03 Å².